The van der Waals surface area contributed by atoms with Crippen molar-refractivity contribution in [2.24, 2.45) is 0 Å². The Labute approximate surface area is 174 Å². The van der Waals surface area contributed by atoms with Crippen LogP contribution in [0.3, 0.4) is 0 Å². The maximum atomic E-state index is 13.1. The standard InChI is InChI=1S/C24H34N4O/c1-3-21(25)16-18(2)28-11-10-19-17-20(8-9-23(19)28)24(29)27-14-12-26(13-15-27)22-6-4-5-7-22/h8-11,17-18,22,25H,3-7,12-16H2,1-2H3. The lowest BCUT2D eigenvalue weighted by molar-refractivity contribution is 0.0573. The Morgan fingerprint density at radius 2 is 1.86 bits per heavy atom. The molecule has 2 aliphatic rings. The molecule has 1 aromatic carbocycles. The summed E-state index contributed by atoms with van der Waals surface area (Å²) in [5.41, 5.74) is 2.71. The molecular formula is C24H34N4O. The Hall–Kier alpha value is -2.14. The quantitative estimate of drug-likeness (QED) is 0.721. The number of hydrogen-bond acceptors (Lipinski definition) is 3. The van der Waals surface area contributed by atoms with Gasteiger partial charge in [-0.3, -0.25) is 9.69 Å². The maximum Gasteiger partial charge on any atom is 0.253 e. The zero-order valence-electron chi connectivity index (χ0n) is 17.9. The number of hydrogen-bond donors (Lipinski definition) is 1. The van der Waals surface area contributed by atoms with E-state index < -0.39 is 0 Å². The number of fused-ring (bicyclic) bond motifs is 1. The third-order valence-electron chi connectivity index (χ3n) is 6.85. The van der Waals surface area contributed by atoms with E-state index in [1.165, 1.54) is 25.7 Å². The van der Waals surface area contributed by atoms with Gasteiger partial charge in [0.25, 0.3) is 5.91 Å². The van der Waals surface area contributed by atoms with E-state index >= 15 is 0 Å². The number of benzene rings is 1. The van der Waals surface area contributed by atoms with Crippen LogP contribution in [-0.2, 0) is 0 Å². The summed E-state index contributed by atoms with van der Waals surface area (Å²) in [5, 5.41) is 9.09. The maximum absolute atomic E-state index is 13.1. The molecule has 29 heavy (non-hydrogen) atoms. The Balaban J connectivity index is 1.43. The van der Waals surface area contributed by atoms with Crippen molar-refractivity contribution in [2.75, 3.05) is 26.2 Å². The number of nitrogens with zero attached hydrogens (tertiary/aromatic N) is 3. The van der Waals surface area contributed by atoms with Gasteiger partial charge in [-0.2, -0.15) is 0 Å². The molecule has 1 saturated carbocycles. The fourth-order valence-electron chi connectivity index (χ4n) is 5.02. The van der Waals surface area contributed by atoms with Crippen LogP contribution < -0.4 is 0 Å². The highest BCUT2D eigenvalue weighted by molar-refractivity contribution is 5.98. The van der Waals surface area contributed by atoms with Gasteiger partial charge in [0.15, 0.2) is 0 Å². The fraction of sp³-hybridized carbons (Fsp3) is 0.583. The molecule has 2 aromatic rings. The SMILES string of the molecule is CCC(=N)CC(C)n1ccc2cc(C(=O)N3CCN(C4CCCC4)CC3)ccc21. The van der Waals surface area contributed by atoms with Gasteiger partial charge in [0.1, 0.15) is 0 Å². The summed E-state index contributed by atoms with van der Waals surface area (Å²) < 4.78 is 2.23. The zero-order valence-corrected chi connectivity index (χ0v) is 17.9. The molecule has 4 rings (SSSR count). The van der Waals surface area contributed by atoms with Crippen molar-refractivity contribution >= 4 is 22.5 Å². The molecule has 1 atom stereocenters. The van der Waals surface area contributed by atoms with Gasteiger partial charge in [-0.15, -0.1) is 0 Å². The first-order chi connectivity index (χ1) is 14.1. The van der Waals surface area contributed by atoms with Crippen LogP contribution in [0, 0.1) is 5.41 Å². The van der Waals surface area contributed by atoms with Gasteiger partial charge in [-0.05, 0) is 50.5 Å². The number of piperazine rings is 1. The molecule has 1 amide bonds. The van der Waals surface area contributed by atoms with E-state index in [0.717, 1.165) is 67.2 Å². The van der Waals surface area contributed by atoms with Crippen LogP contribution in [0.15, 0.2) is 30.5 Å². The van der Waals surface area contributed by atoms with E-state index in [-0.39, 0.29) is 11.9 Å². The fourth-order valence-corrected chi connectivity index (χ4v) is 5.02. The molecule has 2 fully saturated rings. The van der Waals surface area contributed by atoms with Gasteiger partial charge >= 0.3 is 0 Å². The molecular weight excluding hydrogens is 360 g/mol. The van der Waals surface area contributed by atoms with Crippen LogP contribution >= 0.6 is 0 Å². The van der Waals surface area contributed by atoms with E-state index in [0.29, 0.717) is 0 Å². The Bertz CT molecular complexity index is 872. The van der Waals surface area contributed by atoms with Crippen LogP contribution in [0.2, 0.25) is 0 Å². The lowest BCUT2D eigenvalue weighted by Gasteiger charge is -2.38. The Morgan fingerprint density at radius 1 is 1.14 bits per heavy atom. The topological polar surface area (TPSA) is 52.3 Å². The lowest BCUT2D eigenvalue weighted by atomic mass is 10.1. The Morgan fingerprint density at radius 3 is 2.55 bits per heavy atom. The molecule has 1 aliphatic heterocycles. The lowest BCUT2D eigenvalue weighted by Crippen LogP contribution is -2.51. The van der Waals surface area contributed by atoms with Gasteiger partial charge in [0.2, 0.25) is 0 Å². The molecule has 1 aromatic heterocycles. The summed E-state index contributed by atoms with van der Waals surface area (Å²) in [6.45, 7) is 7.89. The molecule has 0 radical (unpaired) electrons. The van der Waals surface area contributed by atoms with E-state index in [2.05, 4.69) is 34.7 Å². The van der Waals surface area contributed by atoms with Crippen molar-refractivity contribution in [3.8, 4) is 0 Å². The number of aromatic nitrogens is 1. The van der Waals surface area contributed by atoms with Gasteiger partial charge in [-0.1, -0.05) is 19.8 Å². The van der Waals surface area contributed by atoms with Crippen molar-refractivity contribution in [3.05, 3.63) is 36.0 Å². The van der Waals surface area contributed by atoms with Gasteiger partial charge in [0, 0.05) is 73.1 Å². The average Bonchev–Trinajstić information content (AvgIpc) is 3.42. The minimum Gasteiger partial charge on any atom is -0.344 e. The van der Waals surface area contributed by atoms with Crippen molar-refractivity contribution < 1.29 is 4.79 Å². The first-order valence-electron chi connectivity index (χ1n) is 11.3. The molecule has 1 aliphatic carbocycles. The van der Waals surface area contributed by atoms with Crippen LogP contribution in [0.4, 0.5) is 0 Å². The largest absolute Gasteiger partial charge is 0.344 e. The predicted molar refractivity (Wildman–Crippen MR) is 119 cm³/mol. The normalized spacial score (nSPS) is 19.7. The van der Waals surface area contributed by atoms with E-state index in [1.54, 1.807) is 0 Å². The second kappa shape index (κ2) is 8.70. The van der Waals surface area contributed by atoms with Crippen molar-refractivity contribution in [1.82, 2.24) is 14.4 Å². The summed E-state index contributed by atoms with van der Waals surface area (Å²) in [7, 11) is 0. The Kier molecular flexibility index (Phi) is 6.04. The minimum absolute atomic E-state index is 0.159. The van der Waals surface area contributed by atoms with Crippen molar-refractivity contribution in [3.63, 3.8) is 0 Å². The van der Waals surface area contributed by atoms with Crippen LogP contribution in [-0.4, -0.2) is 58.2 Å². The molecule has 2 heterocycles. The third kappa shape index (κ3) is 4.25. The minimum atomic E-state index is 0.159. The first kappa shape index (κ1) is 20.1. The third-order valence-corrected chi connectivity index (χ3v) is 6.85. The molecule has 5 nitrogen and oxygen atoms in total. The number of amides is 1. The first-order valence-corrected chi connectivity index (χ1v) is 11.3. The molecule has 1 N–H and O–H groups in total. The van der Waals surface area contributed by atoms with Gasteiger partial charge < -0.3 is 14.9 Å². The van der Waals surface area contributed by atoms with Crippen molar-refractivity contribution in [2.45, 2.75) is 64.5 Å². The molecule has 0 bridgehead atoms. The summed E-state index contributed by atoms with van der Waals surface area (Å²) in [4.78, 5) is 17.7. The van der Waals surface area contributed by atoms with E-state index in [4.69, 9.17) is 5.41 Å². The van der Waals surface area contributed by atoms with E-state index in [9.17, 15) is 4.79 Å². The van der Waals surface area contributed by atoms with Gasteiger partial charge in [0.05, 0.1) is 0 Å². The average molecular weight is 395 g/mol. The van der Waals surface area contributed by atoms with Crippen LogP contribution in [0.25, 0.3) is 10.9 Å². The highest BCUT2D eigenvalue weighted by Gasteiger charge is 2.28. The number of carbonyl (C=O) groups excluding carboxylic acids is 1. The molecule has 1 unspecified atom stereocenters. The molecule has 0 spiro atoms. The monoisotopic (exact) mass is 394 g/mol. The molecule has 1 saturated heterocycles. The molecule has 5 heteroatoms. The summed E-state index contributed by atoms with van der Waals surface area (Å²) in [6.07, 6.45) is 9.05. The number of nitrogens with one attached hydrogen (secondary N) is 1. The summed E-state index contributed by atoms with van der Waals surface area (Å²) >= 11 is 0. The van der Waals surface area contributed by atoms with Gasteiger partial charge in [-0.25, -0.2) is 0 Å². The predicted octanol–water partition coefficient (Wildman–Crippen LogP) is 4.72. The highest BCUT2D eigenvalue weighted by Crippen LogP contribution is 2.26. The number of carbonyl (C=O) groups is 1. The summed E-state index contributed by atoms with van der Waals surface area (Å²) in [5.74, 6) is 0.159. The number of rotatable bonds is 6. The zero-order chi connectivity index (χ0) is 20.4. The van der Waals surface area contributed by atoms with E-state index in [1.807, 2.05) is 24.0 Å². The second-order valence-electron chi connectivity index (χ2n) is 8.77. The summed E-state index contributed by atoms with van der Waals surface area (Å²) in [6, 6.07) is 9.18. The highest BCUT2D eigenvalue weighted by atomic mass is 16.2. The van der Waals surface area contributed by atoms with Crippen molar-refractivity contribution in [1.29, 1.82) is 5.41 Å². The van der Waals surface area contributed by atoms with Crippen LogP contribution in [0.1, 0.15) is 68.8 Å². The second-order valence-corrected chi connectivity index (χ2v) is 8.77. The van der Waals surface area contributed by atoms with Crippen LogP contribution in [0.5, 0.6) is 0 Å². The smallest absolute Gasteiger partial charge is 0.253 e. The molecule has 156 valence electrons.